The van der Waals surface area contributed by atoms with Gasteiger partial charge in [-0.25, -0.2) is 0 Å². The second-order valence-electron chi connectivity index (χ2n) is 4.86. The van der Waals surface area contributed by atoms with Crippen LogP contribution in [0.1, 0.15) is 30.6 Å². The quantitative estimate of drug-likeness (QED) is 0.879. The average molecular weight is 274 g/mol. The molecule has 1 aromatic carbocycles. The zero-order chi connectivity index (χ0) is 14.7. The van der Waals surface area contributed by atoms with E-state index in [1.165, 1.54) is 4.90 Å². The molecule has 1 amide bonds. The van der Waals surface area contributed by atoms with Crippen LogP contribution in [0.3, 0.4) is 0 Å². The van der Waals surface area contributed by atoms with E-state index in [1.54, 1.807) is 12.1 Å². The number of nitrogens with one attached hydrogen (secondary N) is 1. The lowest BCUT2D eigenvalue weighted by Crippen LogP contribution is -2.41. The molecule has 5 heteroatoms. The lowest BCUT2D eigenvalue weighted by Gasteiger charge is -2.27. The Labute approximate surface area is 117 Å². The van der Waals surface area contributed by atoms with Gasteiger partial charge < -0.3 is 15.0 Å². The number of carboxylic acid groups (broad SMARTS) is 1. The molecule has 1 atom stereocenters. The standard InChI is InChI=1S/C15H18N2O3/c1-3-10(2)17(9-14(18)19)15(20)12-4-5-13-11(8-12)6-7-16-13/h4-8,10,16H,3,9H2,1-2H3,(H,18,19). The van der Waals surface area contributed by atoms with Gasteiger partial charge in [0.15, 0.2) is 0 Å². The van der Waals surface area contributed by atoms with Crippen molar-refractivity contribution < 1.29 is 14.7 Å². The molecule has 0 bridgehead atoms. The van der Waals surface area contributed by atoms with Gasteiger partial charge in [0.05, 0.1) is 0 Å². The lowest BCUT2D eigenvalue weighted by molar-refractivity contribution is -0.138. The van der Waals surface area contributed by atoms with Crippen LogP contribution in [0.4, 0.5) is 0 Å². The van der Waals surface area contributed by atoms with Gasteiger partial charge in [-0.2, -0.15) is 0 Å². The van der Waals surface area contributed by atoms with Gasteiger partial charge in [-0.1, -0.05) is 6.92 Å². The summed E-state index contributed by atoms with van der Waals surface area (Å²) in [4.78, 5) is 27.9. The van der Waals surface area contributed by atoms with Gasteiger partial charge in [-0.15, -0.1) is 0 Å². The van der Waals surface area contributed by atoms with Crippen LogP contribution in [-0.2, 0) is 4.79 Å². The smallest absolute Gasteiger partial charge is 0.323 e. The first-order chi connectivity index (χ1) is 9.52. The fourth-order valence-electron chi connectivity index (χ4n) is 2.15. The molecule has 1 aromatic heterocycles. The van der Waals surface area contributed by atoms with E-state index < -0.39 is 5.97 Å². The Balaban J connectivity index is 2.31. The Morgan fingerprint density at radius 1 is 1.35 bits per heavy atom. The fraction of sp³-hybridized carbons (Fsp3) is 0.333. The van der Waals surface area contributed by atoms with Gasteiger partial charge in [0.2, 0.25) is 0 Å². The second kappa shape index (κ2) is 5.77. The maximum absolute atomic E-state index is 12.5. The molecule has 0 saturated carbocycles. The molecule has 0 aliphatic carbocycles. The van der Waals surface area contributed by atoms with E-state index in [9.17, 15) is 9.59 Å². The third-order valence-electron chi connectivity index (χ3n) is 3.49. The molecule has 0 aliphatic heterocycles. The number of aromatic amines is 1. The molecule has 0 spiro atoms. The first-order valence-corrected chi connectivity index (χ1v) is 6.62. The highest BCUT2D eigenvalue weighted by atomic mass is 16.4. The van der Waals surface area contributed by atoms with Crippen LogP contribution in [0.5, 0.6) is 0 Å². The first-order valence-electron chi connectivity index (χ1n) is 6.62. The van der Waals surface area contributed by atoms with E-state index in [1.807, 2.05) is 32.2 Å². The number of fused-ring (bicyclic) bond motifs is 1. The molecule has 106 valence electrons. The first kappa shape index (κ1) is 14.1. The summed E-state index contributed by atoms with van der Waals surface area (Å²) in [6, 6.07) is 7.11. The topological polar surface area (TPSA) is 73.4 Å². The number of aliphatic carboxylic acids is 1. The molecule has 2 N–H and O–H groups in total. The Kier molecular flexibility index (Phi) is 4.08. The summed E-state index contributed by atoms with van der Waals surface area (Å²) in [5.41, 5.74) is 1.47. The number of aromatic nitrogens is 1. The number of carboxylic acids is 1. The minimum atomic E-state index is -0.999. The van der Waals surface area contributed by atoms with Crippen molar-refractivity contribution in [3.8, 4) is 0 Å². The highest BCUT2D eigenvalue weighted by Crippen LogP contribution is 2.17. The average Bonchev–Trinajstić information content (AvgIpc) is 2.90. The Morgan fingerprint density at radius 2 is 2.10 bits per heavy atom. The van der Waals surface area contributed by atoms with Crippen molar-refractivity contribution in [2.75, 3.05) is 6.54 Å². The molecule has 2 aromatic rings. The van der Waals surface area contributed by atoms with Crippen molar-refractivity contribution in [2.24, 2.45) is 0 Å². The van der Waals surface area contributed by atoms with Crippen LogP contribution in [0, 0.1) is 0 Å². The van der Waals surface area contributed by atoms with Gasteiger partial charge in [-0.3, -0.25) is 9.59 Å². The van der Waals surface area contributed by atoms with E-state index in [2.05, 4.69) is 4.98 Å². The van der Waals surface area contributed by atoms with E-state index in [4.69, 9.17) is 5.11 Å². The molecular weight excluding hydrogens is 256 g/mol. The third kappa shape index (κ3) is 2.82. The van der Waals surface area contributed by atoms with Crippen LogP contribution >= 0.6 is 0 Å². The van der Waals surface area contributed by atoms with Crippen LogP contribution < -0.4 is 0 Å². The zero-order valence-electron chi connectivity index (χ0n) is 11.6. The molecule has 20 heavy (non-hydrogen) atoms. The van der Waals surface area contributed by atoms with Crippen LogP contribution in [0.25, 0.3) is 10.9 Å². The number of benzene rings is 1. The molecule has 2 rings (SSSR count). The van der Waals surface area contributed by atoms with E-state index >= 15 is 0 Å². The lowest BCUT2D eigenvalue weighted by atomic mass is 10.1. The summed E-state index contributed by atoms with van der Waals surface area (Å²) in [7, 11) is 0. The maximum Gasteiger partial charge on any atom is 0.323 e. The predicted molar refractivity (Wildman–Crippen MR) is 76.7 cm³/mol. The number of H-pyrrole nitrogens is 1. The largest absolute Gasteiger partial charge is 0.480 e. The number of carbonyl (C=O) groups excluding carboxylic acids is 1. The van der Waals surface area contributed by atoms with Gasteiger partial charge in [0, 0.05) is 28.7 Å². The molecule has 0 aliphatic rings. The van der Waals surface area contributed by atoms with E-state index in [0.29, 0.717) is 12.0 Å². The number of amides is 1. The summed E-state index contributed by atoms with van der Waals surface area (Å²) in [6.45, 7) is 3.51. The number of hydrogen-bond acceptors (Lipinski definition) is 2. The molecule has 0 saturated heterocycles. The highest BCUT2D eigenvalue weighted by molar-refractivity contribution is 5.99. The summed E-state index contributed by atoms with van der Waals surface area (Å²) in [5, 5.41) is 9.90. The van der Waals surface area contributed by atoms with Crippen molar-refractivity contribution in [3.05, 3.63) is 36.0 Å². The van der Waals surface area contributed by atoms with Gasteiger partial charge in [0.1, 0.15) is 6.54 Å². The summed E-state index contributed by atoms with van der Waals surface area (Å²) in [6.07, 6.45) is 2.52. The SMILES string of the molecule is CCC(C)N(CC(=O)O)C(=O)c1ccc2[nH]ccc2c1. The predicted octanol–water partition coefficient (Wildman–Crippen LogP) is 2.49. The summed E-state index contributed by atoms with van der Waals surface area (Å²) in [5.74, 6) is -1.24. The number of nitrogens with zero attached hydrogens (tertiary/aromatic N) is 1. The number of hydrogen-bond donors (Lipinski definition) is 2. The Hall–Kier alpha value is -2.30. The van der Waals surface area contributed by atoms with Crippen LogP contribution in [-0.4, -0.2) is 39.5 Å². The zero-order valence-corrected chi connectivity index (χ0v) is 11.6. The van der Waals surface area contributed by atoms with E-state index in [0.717, 1.165) is 10.9 Å². The highest BCUT2D eigenvalue weighted by Gasteiger charge is 2.23. The number of rotatable bonds is 5. The molecule has 1 heterocycles. The molecule has 5 nitrogen and oxygen atoms in total. The fourth-order valence-corrected chi connectivity index (χ4v) is 2.15. The van der Waals surface area contributed by atoms with Crippen molar-refractivity contribution in [2.45, 2.75) is 26.3 Å². The Morgan fingerprint density at radius 3 is 2.75 bits per heavy atom. The van der Waals surface area contributed by atoms with Crippen molar-refractivity contribution in [1.82, 2.24) is 9.88 Å². The second-order valence-corrected chi connectivity index (χ2v) is 4.86. The van der Waals surface area contributed by atoms with Crippen molar-refractivity contribution >= 4 is 22.8 Å². The van der Waals surface area contributed by atoms with Crippen molar-refractivity contribution in [3.63, 3.8) is 0 Å². The Bertz CT molecular complexity index is 633. The minimum Gasteiger partial charge on any atom is -0.480 e. The van der Waals surface area contributed by atoms with Gasteiger partial charge >= 0.3 is 5.97 Å². The molecule has 1 unspecified atom stereocenters. The molecule has 0 fully saturated rings. The maximum atomic E-state index is 12.5. The molecular formula is C15H18N2O3. The monoisotopic (exact) mass is 274 g/mol. The molecule has 0 radical (unpaired) electrons. The van der Waals surface area contributed by atoms with Gasteiger partial charge in [-0.05, 0) is 37.6 Å². The normalized spacial score (nSPS) is 12.3. The van der Waals surface area contributed by atoms with Crippen LogP contribution in [0.2, 0.25) is 0 Å². The minimum absolute atomic E-state index is 0.111. The van der Waals surface area contributed by atoms with Crippen molar-refractivity contribution in [1.29, 1.82) is 0 Å². The summed E-state index contributed by atoms with van der Waals surface area (Å²) >= 11 is 0. The third-order valence-corrected chi connectivity index (χ3v) is 3.49. The van der Waals surface area contributed by atoms with Gasteiger partial charge in [0.25, 0.3) is 5.91 Å². The number of carbonyl (C=O) groups is 2. The van der Waals surface area contributed by atoms with E-state index in [-0.39, 0.29) is 18.5 Å². The van der Waals surface area contributed by atoms with Crippen LogP contribution in [0.15, 0.2) is 30.5 Å². The summed E-state index contributed by atoms with van der Waals surface area (Å²) < 4.78 is 0.